The molecule has 3 aliphatic rings. The van der Waals surface area contributed by atoms with E-state index in [1.807, 2.05) is 12.1 Å². The van der Waals surface area contributed by atoms with Gasteiger partial charge >= 0.3 is 5.97 Å². The molecule has 4 heterocycles. The van der Waals surface area contributed by atoms with E-state index >= 15 is 0 Å². The van der Waals surface area contributed by atoms with Crippen LogP contribution in [0.25, 0.3) is 22.0 Å². The van der Waals surface area contributed by atoms with E-state index < -0.39 is 5.97 Å². The summed E-state index contributed by atoms with van der Waals surface area (Å²) in [5, 5.41) is 0.695. The number of methoxy groups -OCH3 is 2. The summed E-state index contributed by atoms with van der Waals surface area (Å²) in [5.74, 6) is 2.50. The lowest BCUT2D eigenvalue weighted by molar-refractivity contribution is 0.0534. The summed E-state index contributed by atoms with van der Waals surface area (Å²) in [4.78, 5) is 17.4. The highest BCUT2D eigenvalue weighted by Crippen LogP contribution is 2.54. The van der Waals surface area contributed by atoms with Gasteiger partial charge in [0.2, 0.25) is 18.3 Å². The summed E-state index contributed by atoms with van der Waals surface area (Å²) >= 11 is 0. The van der Waals surface area contributed by atoms with Crippen LogP contribution in [0.1, 0.15) is 16.1 Å². The number of ether oxygens (including phenoxy) is 7. The number of benzene rings is 2. The number of cyclic esters (lactones) is 1. The molecular formula is C22H17NO8. The highest BCUT2D eigenvalue weighted by molar-refractivity contribution is 6.11. The highest BCUT2D eigenvalue weighted by Gasteiger charge is 2.34. The maximum atomic E-state index is 12.7. The van der Waals surface area contributed by atoms with Gasteiger partial charge in [0, 0.05) is 22.6 Å². The third kappa shape index (κ3) is 2.49. The Morgan fingerprint density at radius 3 is 2.42 bits per heavy atom. The maximum absolute atomic E-state index is 12.7. The zero-order valence-electron chi connectivity index (χ0n) is 16.8. The normalized spacial score (nSPS) is 15.6. The Kier molecular flexibility index (Phi) is 3.80. The third-order valence-electron chi connectivity index (χ3n) is 5.52. The predicted octanol–water partition coefficient (Wildman–Crippen LogP) is 3.09. The highest BCUT2D eigenvalue weighted by atomic mass is 16.7. The van der Waals surface area contributed by atoms with Crippen molar-refractivity contribution >= 4 is 16.9 Å². The molecule has 0 N–H and O–H groups in total. The number of fused-ring (bicyclic) bond motifs is 4. The molecule has 158 valence electrons. The number of esters is 1. The van der Waals surface area contributed by atoms with Gasteiger partial charge in [-0.25, -0.2) is 9.78 Å². The van der Waals surface area contributed by atoms with Gasteiger partial charge in [0.05, 0.1) is 31.0 Å². The molecule has 2 aromatic carbocycles. The van der Waals surface area contributed by atoms with Gasteiger partial charge in [0.25, 0.3) is 0 Å². The molecule has 9 heteroatoms. The van der Waals surface area contributed by atoms with Crippen molar-refractivity contribution in [2.75, 3.05) is 34.2 Å². The quantitative estimate of drug-likeness (QED) is 0.589. The van der Waals surface area contributed by atoms with Crippen LogP contribution in [-0.4, -0.2) is 45.2 Å². The second-order valence-electron chi connectivity index (χ2n) is 7.12. The van der Waals surface area contributed by atoms with Gasteiger partial charge in [-0.2, -0.15) is 0 Å². The molecule has 0 saturated carbocycles. The van der Waals surface area contributed by atoms with Crippen LogP contribution < -0.4 is 28.4 Å². The molecule has 1 aromatic heterocycles. The fourth-order valence-corrected chi connectivity index (χ4v) is 4.22. The monoisotopic (exact) mass is 423 g/mol. The SMILES string of the molecule is COc1cc(-c2c3c(nc4cc5c(cc24)OCCO5)COC3=O)c(OC)c2c1OCO2. The van der Waals surface area contributed by atoms with Crippen LogP contribution >= 0.6 is 0 Å². The van der Waals surface area contributed by atoms with Crippen molar-refractivity contribution in [1.29, 1.82) is 0 Å². The Morgan fingerprint density at radius 2 is 1.65 bits per heavy atom. The molecule has 0 unspecified atom stereocenters. The van der Waals surface area contributed by atoms with Crippen molar-refractivity contribution in [2.24, 2.45) is 0 Å². The molecule has 0 saturated heterocycles. The predicted molar refractivity (Wildman–Crippen MR) is 107 cm³/mol. The first-order valence-corrected chi connectivity index (χ1v) is 9.68. The van der Waals surface area contributed by atoms with Crippen molar-refractivity contribution in [1.82, 2.24) is 4.98 Å². The molecule has 0 spiro atoms. The van der Waals surface area contributed by atoms with Crippen molar-refractivity contribution < 1.29 is 38.0 Å². The second-order valence-corrected chi connectivity index (χ2v) is 7.12. The first-order chi connectivity index (χ1) is 15.2. The average Bonchev–Trinajstić information content (AvgIpc) is 3.42. The molecule has 9 nitrogen and oxygen atoms in total. The zero-order valence-corrected chi connectivity index (χ0v) is 16.8. The second kappa shape index (κ2) is 6.56. The van der Waals surface area contributed by atoms with Crippen molar-refractivity contribution in [2.45, 2.75) is 6.61 Å². The van der Waals surface area contributed by atoms with Crippen molar-refractivity contribution in [3.8, 4) is 45.6 Å². The van der Waals surface area contributed by atoms with E-state index in [2.05, 4.69) is 4.98 Å². The van der Waals surface area contributed by atoms with Crippen LogP contribution in [-0.2, 0) is 11.3 Å². The lowest BCUT2D eigenvalue weighted by Crippen LogP contribution is -2.15. The fraction of sp³-hybridized carbons (Fsp3) is 0.273. The third-order valence-corrected chi connectivity index (χ3v) is 5.52. The molecular weight excluding hydrogens is 406 g/mol. The summed E-state index contributed by atoms with van der Waals surface area (Å²) < 4.78 is 39.3. The first-order valence-electron chi connectivity index (χ1n) is 9.68. The van der Waals surface area contributed by atoms with Crippen molar-refractivity contribution in [3.63, 3.8) is 0 Å². The minimum absolute atomic E-state index is 0.0431. The lowest BCUT2D eigenvalue weighted by Gasteiger charge is -2.21. The molecule has 31 heavy (non-hydrogen) atoms. The van der Waals surface area contributed by atoms with E-state index in [-0.39, 0.29) is 13.4 Å². The number of nitrogens with zero attached hydrogens (tertiary/aromatic N) is 1. The van der Waals surface area contributed by atoms with Crippen LogP contribution in [0, 0.1) is 0 Å². The van der Waals surface area contributed by atoms with Gasteiger partial charge in [-0.1, -0.05) is 0 Å². The Bertz CT molecular complexity index is 1270. The number of rotatable bonds is 3. The van der Waals surface area contributed by atoms with Crippen molar-refractivity contribution in [3.05, 3.63) is 29.5 Å². The van der Waals surface area contributed by atoms with Crippen LogP contribution in [0.15, 0.2) is 18.2 Å². The van der Waals surface area contributed by atoms with Crippen LogP contribution in [0.4, 0.5) is 0 Å². The van der Waals surface area contributed by atoms with E-state index in [0.29, 0.717) is 81.0 Å². The Morgan fingerprint density at radius 1 is 0.871 bits per heavy atom. The Balaban J connectivity index is 1.74. The number of aromatic nitrogens is 1. The molecule has 6 rings (SSSR count). The van der Waals surface area contributed by atoms with Gasteiger partial charge in [-0.3, -0.25) is 0 Å². The molecule has 0 fully saturated rings. The number of hydrogen-bond donors (Lipinski definition) is 0. The molecule has 0 atom stereocenters. The standard InChI is InChI=1S/C22H17NO8/c1-25-16-6-11(19(26-2)21-20(16)30-9-31-21)17-10-5-14-15(28-4-3-27-14)7-12(10)23-13-8-29-22(24)18(13)17/h5-7H,3-4,8-9H2,1-2H3. The summed E-state index contributed by atoms with van der Waals surface area (Å²) in [5.41, 5.74) is 2.77. The summed E-state index contributed by atoms with van der Waals surface area (Å²) in [7, 11) is 3.08. The largest absolute Gasteiger partial charge is 0.493 e. The zero-order chi connectivity index (χ0) is 21.1. The summed E-state index contributed by atoms with van der Waals surface area (Å²) in [6, 6.07) is 5.41. The molecule has 3 aromatic rings. The average molecular weight is 423 g/mol. The first kappa shape index (κ1) is 17.9. The summed E-state index contributed by atoms with van der Waals surface area (Å²) in [6.07, 6.45) is 0. The van der Waals surface area contributed by atoms with Gasteiger partial charge in [0.15, 0.2) is 23.0 Å². The molecule has 0 radical (unpaired) electrons. The molecule has 0 aliphatic carbocycles. The molecule has 0 amide bonds. The topological polar surface area (TPSA) is 94.6 Å². The Hall–Kier alpha value is -3.88. The van der Waals surface area contributed by atoms with E-state index in [1.54, 1.807) is 13.2 Å². The van der Waals surface area contributed by atoms with Crippen LogP contribution in [0.5, 0.6) is 34.5 Å². The van der Waals surface area contributed by atoms with Gasteiger partial charge in [-0.15, -0.1) is 0 Å². The smallest absolute Gasteiger partial charge is 0.341 e. The van der Waals surface area contributed by atoms with E-state index in [1.165, 1.54) is 7.11 Å². The van der Waals surface area contributed by atoms with E-state index in [4.69, 9.17) is 33.2 Å². The van der Waals surface area contributed by atoms with Crippen LogP contribution in [0.2, 0.25) is 0 Å². The molecule has 0 bridgehead atoms. The minimum Gasteiger partial charge on any atom is -0.493 e. The van der Waals surface area contributed by atoms with Gasteiger partial charge < -0.3 is 33.2 Å². The van der Waals surface area contributed by atoms with Gasteiger partial charge in [0.1, 0.15) is 19.8 Å². The minimum atomic E-state index is -0.451. The molecule has 3 aliphatic heterocycles. The maximum Gasteiger partial charge on any atom is 0.341 e. The fourth-order valence-electron chi connectivity index (χ4n) is 4.22. The number of hydrogen-bond acceptors (Lipinski definition) is 9. The number of pyridine rings is 1. The summed E-state index contributed by atoms with van der Waals surface area (Å²) in [6.45, 7) is 1.04. The number of carbonyl (C=O) groups is 1. The Labute approximate surface area is 176 Å². The van der Waals surface area contributed by atoms with E-state index in [0.717, 1.165) is 0 Å². The number of carbonyl (C=O) groups excluding carboxylic acids is 1. The van der Waals surface area contributed by atoms with E-state index in [9.17, 15) is 4.79 Å². The lowest BCUT2D eigenvalue weighted by atomic mass is 9.93. The van der Waals surface area contributed by atoms with Gasteiger partial charge in [-0.05, 0) is 12.1 Å². The van der Waals surface area contributed by atoms with Crippen LogP contribution in [0.3, 0.4) is 0 Å².